The Labute approximate surface area is 146 Å². The molecule has 24 heavy (non-hydrogen) atoms. The van der Waals surface area contributed by atoms with E-state index in [0.29, 0.717) is 22.7 Å². The number of hydrogen-bond acceptors (Lipinski definition) is 5. The van der Waals surface area contributed by atoms with Gasteiger partial charge in [0, 0.05) is 6.04 Å². The van der Waals surface area contributed by atoms with Gasteiger partial charge in [-0.05, 0) is 40.8 Å². The van der Waals surface area contributed by atoms with Gasteiger partial charge in [-0.25, -0.2) is 0 Å². The van der Waals surface area contributed by atoms with Crippen LogP contribution in [-0.4, -0.2) is 37.9 Å². The first-order valence-electron chi connectivity index (χ1n) is 8.41. The molecule has 1 fully saturated rings. The maximum Gasteiger partial charge on any atom is 0.230 e. The normalized spacial score (nSPS) is 23.8. The van der Waals surface area contributed by atoms with Gasteiger partial charge < -0.3 is 5.32 Å². The molecule has 3 rings (SSSR count). The number of carbonyl (C=O) groups is 1. The van der Waals surface area contributed by atoms with E-state index in [1.807, 2.05) is 30.3 Å². The van der Waals surface area contributed by atoms with Gasteiger partial charge in [0.1, 0.15) is 0 Å². The van der Waals surface area contributed by atoms with E-state index in [1.54, 1.807) is 4.68 Å². The summed E-state index contributed by atoms with van der Waals surface area (Å²) in [4.78, 5) is 12.3. The molecule has 0 bridgehead atoms. The van der Waals surface area contributed by atoms with E-state index in [4.69, 9.17) is 0 Å². The molecule has 1 N–H and O–H groups in total. The van der Waals surface area contributed by atoms with Crippen molar-refractivity contribution in [1.82, 2.24) is 25.5 Å². The van der Waals surface area contributed by atoms with Crippen LogP contribution in [0.1, 0.15) is 33.1 Å². The molecule has 2 aromatic rings. The van der Waals surface area contributed by atoms with Crippen LogP contribution in [0.15, 0.2) is 35.5 Å². The fourth-order valence-corrected chi connectivity index (χ4v) is 3.87. The van der Waals surface area contributed by atoms with Gasteiger partial charge in [0.15, 0.2) is 0 Å². The number of aromatic nitrogens is 4. The number of carbonyl (C=O) groups excluding carboxylic acids is 1. The standard InChI is InChI=1S/C17H23N5OS/c1-12-7-6-10-15(13(12)2)18-16(23)11-24-17-19-20-21-22(17)14-8-4-3-5-9-14/h3-5,8-9,12-13,15H,6-7,10-11H2,1-2H3,(H,18,23). The quantitative estimate of drug-likeness (QED) is 0.844. The monoisotopic (exact) mass is 345 g/mol. The zero-order valence-electron chi connectivity index (χ0n) is 14.1. The van der Waals surface area contributed by atoms with Crippen molar-refractivity contribution in [2.24, 2.45) is 11.8 Å². The number of para-hydroxylation sites is 1. The molecule has 1 aliphatic rings. The topological polar surface area (TPSA) is 72.7 Å². The van der Waals surface area contributed by atoms with E-state index in [-0.39, 0.29) is 11.9 Å². The van der Waals surface area contributed by atoms with Gasteiger partial charge >= 0.3 is 0 Å². The molecule has 1 aromatic heterocycles. The summed E-state index contributed by atoms with van der Waals surface area (Å²) in [5.41, 5.74) is 0.889. The molecule has 1 heterocycles. The molecular weight excluding hydrogens is 322 g/mol. The Kier molecular flexibility index (Phi) is 5.50. The third kappa shape index (κ3) is 3.95. The predicted octanol–water partition coefficient (Wildman–Crippen LogP) is 2.70. The highest BCUT2D eigenvalue weighted by Gasteiger charge is 2.28. The van der Waals surface area contributed by atoms with E-state index >= 15 is 0 Å². The van der Waals surface area contributed by atoms with Gasteiger partial charge in [-0.1, -0.05) is 56.7 Å². The number of benzene rings is 1. The summed E-state index contributed by atoms with van der Waals surface area (Å²) >= 11 is 1.36. The molecule has 0 radical (unpaired) electrons. The summed E-state index contributed by atoms with van der Waals surface area (Å²) in [6.45, 7) is 4.50. The molecule has 128 valence electrons. The minimum atomic E-state index is 0.0496. The summed E-state index contributed by atoms with van der Waals surface area (Å²) in [5.74, 6) is 1.57. The predicted molar refractivity (Wildman–Crippen MR) is 94.0 cm³/mol. The minimum Gasteiger partial charge on any atom is -0.352 e. The van der Waals surface area contributed by atoms with E-state index < -0.39 is 0 Å². The molecule has 1 saturated carbocycles. The Balaban J connectivity index is 1.57. The van der Waals surface area contributed by atoms with Gasteiger partial charge in [-0.3, -0.25) is 4.79 Å². The van der Waals surface area contributed by atoms with Gasteiger partial charge in [0.2, 0.25) is 11.1 Å². The largest absolute Gasteiger partial charge is 0.352 e. The Bertz CT molecular complexity index is 675. The van der Waals surface area contributed by atoms with Gasteiger partial charge in [0.25, 0.3) is 0 Å². The van der Waals surface area contributed by atoms with Gasteiger partial charge in [-0.15, -0.1) is 5.10 Å². The fourth-order valence-electron chi connectivity index (χ4n) is 3.16. The lowest BCUT2D eigenvalue weighted by molar-refractivity contribution is -0.120. The van der Waals surface area contributed by atoms with Crippen molar-refractivity contribution in [2.45, 2.75) is 44.3 Å². The molecule has 3 atom stereocenters. The highest BCUT2D eigenvalue weighted by Crippen LogP contribution is 2.29. The highest BCUT2D eigenvalue weighted by molar-refractivity contribution is 7.99. The number of tetrazole rings is 1. The molecule has 0 spiro atoms. The number of thioether (sulfide) groups is 1. The van der Waals surface area contributed by atoms with Crippen molar-refractivity contribution in [1.29, 1.82) is 0 Å². The van der Waals surface area contributed by atoms with Crippen LogP contribution in [0.2, 0.25) is 0 Å². The maximum atomic E-state index is 12.3. The summed E-state index contributed by atoms with van der Waals surface area (Å²) in [6, 6.07) is 9.97. The third-order valence-electron chi connectivity index (χ3n) is 4.83. The van der Waals surface area contributed by atoms with Crippen molar-refractivity contribution in [3.05, 3.63) is 30.3 Å². The third-order valence-corrected chi connectivity index (χ3v) is 5.75. The molecule has 3 unspecified atom stereocenters. The van der Waals surface area contributed by atoms with Crippen molar-refractivity contribution in [2.75, 3.05) is 5.75 Å². The van der Waals surface area contributed by atoms with Crippen molar-refractivity contribution >= 4 is 17.7 Å². The molecule has 6 nitrogen and oxygen atoms in total. The summed E-state index contributed by atoms with van der Waals surface area (Å²) in [6.07, 6.45) is 3.52. The SMILES string of the molecule is CC1CCCC(NC(=O)CSc2nnnn2-c2ccccc2)C1C. The Morgan fingerprint density at radius 3 is 2.88 bits per heavy atom. The molecule has 1 aromatic carbocycles. The Morgan fingerprint density at radius 2 is 2.08 bits per heavy atom. The zero-order chi connectivity index (χ0) is 16.9. The van der Waals surface area contributed by atoms with Crippen molar-refractivity contribution in [3.8, 4) is 5.69 Å². The van der Waals surface area contributed by atoms with Crippen LogP contribution < -0.4 is 5.32 Å². The summed E-state index contributed by atoms with van der Waals surface area (Å²) < 4.78 is 1.66. The second kappa shape index (κ2) is 7.79. The van der Waals surface area contributed by atoms with E-state index in [9.17, 15) is 4.79 Å². The second-order valence-electron chi connectivity index (χ2n) is 6.44. The average molecular weight is 345 g/mol. The number of amides is 1. The lowest BCUT2D eigenvalue weighted by Gasteiger charge is -2.34. The summed E-state index contributed by atoms with van der Waals surface area (Å²) in [5, 5.41) is 15.6. The maximum absolute atomic E-state index is 12.3. The first-order valence-corrected chi connectivity index (χ1v) is 9.39. The highest BCUT2D eigenvalue weighted by atomic mass is 32.2. The summed E-state index contributed by atoms with van der Waals surface area (Å²) in [7, 11) is 0. The zero-order valence-corrected chi connectivity index (χ0v) is 14.9. The van der Waals surface area contributed by atoms with Gasteiger partial charge in [-0.2, -0.15) is 4.68 Å². The lowest BCUT2D eigenvalue weighted by atomic mass is 9.78. The lowest BCUT2D eigenvalue weighted by Crippen LogP contribution is -2.44. The Hall–Kier alpha value is -1.89. The second-order valence-corrected chi connectivity index (χ2v) is 7.38. The number of nitrogens with zero attached hydrogens (tertiary/aromatic N) is 4. The Morgan fingerprint density at radius 1 is 1.29 bits per heavy atom. The van der Waals surface area contributed by atoms with Crippen LogP contribution in [0.25, 0.3) is 5.69 Å². The number of rotatable bonds is 5. The van der Waals surface area contributed by atoms with Crippen LogP contribution in [0.4, 0.5) is 0 Å². The first kappa shape index (κ1) is 17.0. The molecule has 1 amide bonds. The van der Waals surface area contributed by atoms with Crippen LogP contribution in [-0.2, 0) is 4.79 Å². The fraction of sp³-hybridized carbons (Fsp3) is 0.529. The van der Waals surface area contributed by atoms with E-state index in [2.05, 4.69) is 34.7 Å². The molecule has 0 aliphatic heterocycles. The molecule has 1 aliphatic carbocycles. The van der Waals surface area contributed by atoms with E-state index in [0.717, 1.165) is 12.1 Å². The molecule has 7 heteroatoms. The molecular formula is C17H23N5OS. The average Bonchev–Trinajstić information content (AvgIpc) is 3.06. The van der Waals surface area contributed by atoms with Crippen molar-refractivity contribution < 1.29 is 4.79 Å². The van der Waals surface area contributed by atoms with Crippen LogP contribution in [0.5, 0.6) is 0 Å². The number of hydrogen-bond donors (Lipinski definition) is 1. The van der Waals surface area contributed by atoms with Gasteiger partial charge in [0.05, 0.1) is 11.4 Å². The minimum absolute atomic E-state index is 0.0496. The van der Waals surface area contributed by atoms with Crippen molar-refractivity contribution in [3.63, 3.8) is 0 Å². The number of nitrogens with one attached hydrogen (secondary N) is 1. The van der Waals surface area contributed by atoms with E-state index in [1.165, 1.54) is 24.6 Å². The van der Waals surface area contributed by atoms with Crippen LogP contribution in [0, 0.1) is 11.8 Å². The first-order chi connectivity index (χ1) is 11.6. The van der Waals surface area contributed by atoms with Crippen LogP contribution >= 0.6 is 11.8 Å². The molecule has 0 saturated heterocycles. The van der Waals surface area contributed by atoms with Crippen LogP contribution in [0.3, 0.4) is 0 Å². The smallest absolute Gasteiger partial charge is 0.230 e.